The van der Waals surface area contributed by atoms with E-state index in [0.717, 1.165) is 30.4 Å². The summed E-state index contributed by atoms with van der Waals surface area (Å²) in [6.45, 7) is 8.23. The van der Waals surface area contributed by atoms with E-state index in [1.807, 2.05) is 6.92 Å². The Morgan fingerprint density at radius 1 is 1.10 bits per heavy atom. The van der Waals surface area contributed by atoms with Crippen LogP contribution in [-0.2, 0) is 0 Å². The molecule has 0 atom stereocenters. The van der Waals surface area contributed by atoms with E-state index in [-0.39, 0.29) is 0 Å². The average Bonchev–Trinajstić information content (AvgIpc) is 2.71. The zero-order chi connectivity index (χ0) is 15.1. The molecule has 0 saturated heterocycles. The molecule has 21 heavy (non-hydrogen) atoms. The molecule has 1 aromatic heterocycles. The maximum absolute atomic E-state index is 4.58. The van der Waals surface area contributed by atoms with Gasteiger partial charge in [-0.3, -0.25) is 0 Å². The lowest BCUT2D eigenvalue weighted by atomic mass is 10.1. The van der Waals surface area contributed by atoms with E-state index >= 15 is 0 Å². The van der Waals surface area contributed by atoms with Gasteiger partial charge in [-0.1, -0.05) is 39.5 Å². The summed E-state index contributed by atoms with van der Waals surface area (Å²) in [6, 6.07) is 2.78. The number of rotatable bonds is 6. The van der Waals surface area contributed by atoms with Crippen molar-refractivity contribution in [2.75, 3.05) is 18.4 Å². The molecule has 1 aliphatic carbocycles. The number of hydrogen-bond donors (Lipinski definition) is 2. The van der Waals surface area contributed by atoms with Crippen LogP contribution < -0.4 is 10.6 Å². The first-order valence-electron chi connectivity index (χ1n) is 8.48. The van der Waals surface area contributed by atoms with Crippen LogP contribution in [0.15, 0.2) is 6.07 Å². The van der Waals surface area contributed by atoms with Gasteiger partial charge < -0.3 is 10.6 Å². The Hall–Kier alpha value is -1.16. The van der Waals surface area contributed by atoms with Crippen LogP contribution in [0, 0.1) is 6.92 Å². The van der Waals surface area contributed by atoms with E-state index in [4.69, 9.17) is 0 Å². The second-order valence-electron chi connectivity index (χ2n) is 6.48. The molecule has 118 valence electrons. The van der Waals surface area contributed by atoms with Gasteiger partial charge in [0.2, 0.25) is 5.95 Å². The van der Waals surface area contributed by atoms with Crippen LogP contribution >= 0.6 is 0 Å². The van der Waals surface area contributed by atoms with Crippen LogP contribution in [0.1, 0.15) is 69.7 Å². The molecule has 0 bridgehead atoms. The van der Waals surface area contributed by atoms with Crippen molar-refractivity contribution in [2.24, 2.45) is 0 Å². The van der Waals surface area contributed by atoms with Crippen LogP contribution in [0.3, 0.4) is 0 Å². The number of anilines is 1. The van der Waals surface area contributed by atoms with Gasteiger partial charge in [-0.15, -0.1) is 0 Å². The molecule has 0 amide bonds. The first-order valence-corrected chi connectivity index (χ1v) is 8.48. The molecule has 1 fully saturated rings. The van der Waals surface area contributed by atoms with Gasteiger partial charge >= 0.3 is 0 Å². The van der Waals surface area contributed by atoms with Crippen molar-refractivity contribution in [3.8, 4) is 0 Å². The lowest BCUT2D eigenvalue weighted by Gasteiger charge is -2.16. The number of nitrogens with zero attached hydrogens (tertiary/aromatic N) is 2. The summed E-state index contributed by atoms with van der Waals surface area (Å²) in [5, 5.41) is 7.02. The highest BCUT2D eigenvalue weighted by Gasteiger charge is 2.11. The Bertz CT molecular complexity index is 423. The molecule has 0 spiro atoms. The molecule has 2 rings (SSSR count). The minimum atomic E-state index is 0.441. The van der Waals surface area contributed by atoms with Gasteiger partial charge in [-0.25, -0.2) is 9.97 Å². The first kappa shape index (κ1) is 16.2. The normalized spacial score (nSPS) is 17.0. The van der Waals surface area contributed by atoms with Crippen molar-refractivity contribution in [2.45, 2.75) is 71.3 Å². The second-order valence-corrected chi connectivity index (χ2v) is 6.48. The molecule has 0 unspecified atom stereocenters. The van der Waals surface area contributed by atoms with Crippen LogP contribution in [0.4, 0.5) is 5.95 Å². The molecule has 0 radical (unpaired) electrons. The summed E-state index contributed by atoms with van der Waals surface area (Å²) < 4.78 is 0. The van der Waals surface area contributed by atoms with Crippen molar-refractivity contribution < 1.29 is 0 Å². The number of nitrogens with one attached hydrogen (secondary N) is 2. The molecular formula is C17H30N4. The van der Waals surface area contributed by atoms with Gasteiger partial charge in [0, 0.05) is 30.5 Å². The van der Waals surface area contributed by atoms with E-state index in [1.54, 1.807) is 0 Å². The molecule has 4 nitrogen and oxygen atoms in total. The van der Waals surface area contributed by atoms with E-state index < -0.39 is 0 Å². The Morgan fingerprint density at radius 3 is 2.48 bits per heavy atom. The minimum Gasteiger partial charge on any atom is -0.353 e. The van der Waals surface area contributed by atoms with Crippen molar-refractivity contribution in [3.63, 3.8) is 0 Å². The molecular weight excluding hydrogens is 260 g/mol. The number of aryl methyl sites for hydroxylation is 1. The third-order valence-corrected chi connectivity index (χ3v) is 4.16. The van der Waals surface area contributed by atoms with E-state index in [2.05, 4.69) is 40.5 Å². The third kappa shape index (κ3) is 5.62. The highest BCUT2D eigenvalue weighted by Crippen LogP contribution is 2.17. The first-order chi connectivity index (χ1) is 10.1. The third-order valence-electron chi connectivity index (χ3n) is 4.16. The molecule has 4 heteroatoms. The average molecular weight is 290 g/mol. The molecule has 1 heterocycles. The van der Waals surface area contributed by atoms with Gasteiger partial charge in [0.1, 0.15) is 0 Å². The quantitative estimate of drug-likeness (QED) is 0.620. The summed E-state index contributed by atoms with van der Waals surface area (Å²) in [7, 11) is 0. The van der Waals surface area contributed by atoms with E-state index in [9.17, 15) is 0 Å². The highest BCUT2D eigenvalue weighted by atomic mass is 15.1. The molecule has 1 saturated carbocycles. The fourth-order valence-corrected chi connectivity index (χ4v) is 2.90. The van der Waals surface area contributed by atoms with Gasteiger partial charge in [0.05, 0.1) is 0 Å². The maximum Gasteiger partial charge on any atom is 0.223 e. The Balaban J connectivity index is 1.75. The summed E-state index contributed by atoms with van der Waals surface area (Å²) in [5.74, 6) is 1.21. The van der Waals surface area contributed by atoms with Gasteiger partial charge in [0.15, 0.2) is 0 Å². The second kappa shape index (κ2) is 8.32. The van der Waals surface area contributed by atoms with Crippen LogP contribution in [0.2, 0.25) is 0 Å². The Kier molecular flexibility index (Phi) is 6.43. The highest BCUT2D eigenvalue weighted by molar-refractivity contribution is 5.29. The zero-order valence-electron chi connectivity index (χ0n) is 13.8. The maximum atomic E-state index is 4.58. The van der Waals surface area contributed by atoms with E-state index in [1.165, 1.54) is 38.5 Å². The topological polar surface area (TPSA) is 49.8 Å². The van der Waals surface area contributed by atoms with Crippen LogP contribution in [0.5, 0.6) is 0 Å². The standard InChI is InChI=1S/C17H30N4/c1-13(2)16-12-14(3)20-17(21-16)19-11-10-18-15-8-6-4-5-7-9-15/h12-13,15,18H,4-11H2,1-3H3,(H,19,20,21). The smallest absolute Gasteiger partial charge is 0.223 e. The van der Waals surface area contributed by atoms with Crippen molar-refractivity contribution >= 4 is 5.95 Å². The predicted molar refractivity (Wildman–Crippen MR) is 88.8 cm³/mol. The minimum absolute atomic E-state index is 0.441. The van der Waals surface area contributed by atoms with Crippen LogP contribution in [-0.4, -0.2) is 29.1 Å². The fraction of sp³-hybridized carbons (Fsp3) is 0.765. The summed E-state index contributed by atoms with van der Waals surface area (Å²) in [4.78, 5) is 9.05. The fourth-order valence-electron chi connectivity index (χ4n) is 2.90. The van der Waals surface area contributed by atoms with Crippen LogP contribution in [0.25, 0.3) is 0 Å². The van der Waals surface area contributed by atoms with Gasteiger partial charge in [-0.2, -0.15) is 0 Å². The Morgan fingerprint density at radius 2 is 1.81 bits per heavy atom. The monoisotopic (exact) mass is 290 g/mol. The lowest BCUT2D eigenvalue weighted by Crippen LogP contribution is -2.32. The summed E-state index contributed by atoms with van der Waals surface area (Å²) in [6.07, 6.45) is 8.24. The molecule has 0 aromatic carbocycles. The molecule has 1 aliphatic rings. The molecule has 0 aliphatic heterocycles. The van der Waals surface area contributed by atoms with Gasteiger partial charge in [-0.05, 0) is 31.7 Å². The SMILES string of the molecule is Cc1cc(C(C)C)nc(NCCNC2CCCCCC2)n1. The molecule has 2 N–H and O–H groups in total. The zero-order valence-corrected chi connectivity index (χ0v) is 13.8. The van der Waals surface area contributed by atoms with Gasteiger partial charge in [0.25, 0.3) is 0 Å². The van der Waals surface area contributed by atoms with Crippen molar-refractivity contribution in [3.05, 3.63) is 17.5 Å². The Labute approximate surface area is 129 Å². The van der Waals surface area contributed by atoms with E-state index in [0.29, 0.717) is 12.0 Å². The summed E-state index contributed by atoms with van der Waals surface area (Å²) >= 11 is 0. The number of aromatic nitrogens is 2. The predicted octanol–water partition coefficient (Wildman–Crippen LogP) is 3.63. The number of hydrogen-bond acceptors (Lipinski definition) is 4. The summed E-state index contributed by atoms with van der Waals surface area (Å²) in [5.41, 5.74) is 2.15. The van der Waals surface area contributed by atoms with Crippen molar-refractivity contribution in [1.82, 2.24) is 15.3 Å². The lowest BCUT2D eigenvalue weighted by molar-refractivity contribution is 0.468. The molecule has 1 aromatic rings. The van der Waals surface area contributed by atoms with Crippen molar-refractivity contribution in [1.29, 1.82) is 0 Å². The largest absolute Gasteiger partial charge is 0.353 e.